The molecule has 1 aromatic rings. The van der Waals surface area contributed by atoms with E-state index in [0.717, 1.165) is 0 Å². The van der Waals surface area contributed by atoms with Crippen molar-refractivity contribution in [2.45, 2.75) is 41.5 Å². The molecule has 1 aromatic carbocycles. The molecule has 0 bridgehead atoms. The number of hydrogen-bond acceptors (Lipinski definition) is 6. The van der Waals surface area contributed by atoms with E-state index in [9.17, 15) is 28.4 Å². The summed E-state index contributed by atoms with van der Waals surface area (Å²) in [5.41, 5.74) is 0. The van der Waals surface area contributed by atoms with Crippen LogP contribution < -0.4 is 14.7 Å². The van der Waals surface area contributed by atoms with Crippen molar-refractivity contribution in [1.82, 2.24) is 0 Å². The van der Waals surface area contributed by atoms with E-state index >= 15 is 0 Å². The van der Waals surface area contributed by atoms with Crippen LogP contribution in [0.2, 0.25) is 0 Å². The van der Waals surface area contributed by atoms with Gasteiger partial charge < -0.3 is 28.4 Å². The van der Waals surface area contributed by atoms with Crippen molar-refractivity contribution in [3.63, 3.8) is 0 Å². The van der Waals surface area contributed by atoms with Gasteiger partial charge in [-0.15, -0.1) is 0 Å². The van der Waals surface area contributed by atoms with Crippen LogP contribution in [0.1, 0.15) is 41.5 Å². The summed E-state index contributed by atoms with van der Waals surface area (Å²) in [6, 6.07) is 12.0. The zero-order valence-corrected chi connectivity index (χ0v) is 21.9. The largest absolute Gasteiger partial charge is 3.00 e. The summed E-state index contributed by atoms with van der Waals surface area (Å²) in [5.74, 6) is 0. The smallest absolute Gasteiger partial charge is 0.799 e. The summed E-state index contributed by atoms with van der Waals surface area (Å²) in [7, 11) is -8.71. The van der Waals surface area contributed by atoms with Gasteiger partial charge in [-0.1, -0.05) is 77.9 Å². The Kier molecular flexibility index (Phi) is 26.3. The third-order valence-corrected chi connectivity index (χ3v) is 9.34. The van der Waals surface area contributed by atoms with E-state index in [4.69, 9.17) is 0 Å². The average molecular weight is 468 g/mol. The zero-order valence-electron chi connectivity index (χ0n) is 18.1. The van der Waals surface area contributed by atoms with Crippen LogP contribution in [0.3, 0.4) is 0 Å². The molecule has 0 saturated carbocycles. The Hall–Kier alpha value is 0.322. The molecule has 0 radical (unpaired) electrons. The first-order valence-electron chi connectivity index (χ1n) is 9.24. The minimum absolute atomic E-state index is 0. The fraction of sp³-hybridized carbons (Fsp3) is 0.667. The molecule has 0 N–H and O–H groups in total. The molecular weight excluding hydrogens is 432 g/mol. The zero-order chi connectivity index (χ0) is 22.0. The Bertz CT molecular complexity index is 476. The van der Waals surface area contributed by atoms with E-state index in [-0.39, 0.29) is 17.4 Å². The average Bonchev–Trinajstić information content (AvgIpc) is 2.70. The Balaban J connectivity index is -0.000000136. The van der Waals surface area contributed by atoms with Gasteiger partial charge in [-0.2, -0.15) is 0 Å². The number of rotatable bonds is 6. The second-order valence-electron chi connectivity index (χ2n) is 5.50. The number of benzene rings is 1. The molecule has 0 fully saturated rings. The van der Waals surface area contributed by atoms with Crippen LogP contribution in [-0.2, 0) is 13.7 Å². The summed E-state index contributed by atoms with van der Waals surface area (Å²) < 4.78 is 31.2. The van der Waals surface area contributed by atoms with Crippen molar-refractivity contribution in [3.8, 4) is 0 Å². The second-order valence-corrected chi connectivity index (χ2v) is 14.2. The molecule has 6 nitrogen and oxygen atoms in total. The van der Waals surface area contributed by atoms with Crippen molar-refractivity contribution in [2.75, 3.05) is 37.0 Å². The fourth-order valence-electron chi connectivity index (χ4n) is 1.06. The summed E-state index contributed by atoms with van der Waals surface area (Å²) in [6.45, 7) is 9.98. The van der Waals surface area contributed by atoms with Crippen LogP contribution >= 0.6 is 22.1 Å². The molecule has 0 heterocycles. The van der Waals surface area contributed by atoms with Crippen LogP contribution in [0.25, 0.3) is 0 Å². The minimum atomic E-state index is -2.90. The maximum atomic E-state index is 10.4. The Morgan fingerprint density at radius 3 is 0.607 bits per heavy atom. The summed E-state index contributed by atoms with van der Waals surface area (Å²) >= 11 is 0. The summed E-state index contributed by atoms with van der Waals surface area (Å²) in [5, 5.41) is 0. The van der Waals surface area contributed by atoms with E-state index in [0.29, 0.717) is 37.0 Å². The molecular formula is C18H36AlO6P3. The van der Waals surface area contributed by atoms with Gasteiger partial charge in [0.05, 0.1) is 0 Å². The molecule has 28 heavy (non-hydrogen) atoms. The predicted octanol–water partition coefficient (Wildman–Crippen LogP) is 3.30. The van der Waals surface area contributed by atoms with Crippen LogP contribution in [-0.4, -0.2) is 54.3 Å². The van der Waals surface area contributed by atoms with Crippen molar-refractivity contribution in [1.29, 1.82) is 0 Å². The summed E-state index contributed by atoms with van der Waals surface area (Å²) in [6.07, 6.45) is 1.77. The quantitative estimate of drug-likeness (QED) is 0.467. The van der Waals surface area contributed by atoms with E-state index in [1.165, 1.54) is 0 Å². The first kappa shape index (κ1) is 35.7. The van der Waals surface area contributed by atoms with Gasteiger partial charge in [0.2, 0.25) is 0 Å². The van der Waals surface area contributed by atoms with Gasteiger partial charge in [0.25, 0.3) is 0 Å². The molecule has 162 valence electrons. The Morgan fingerprint density at radius 1 is 0.464 bits per heavy atom. The predicted molar refractivity (Wildman–Crippen MR) is 118 cm³/mol. The summed E-state index contributed by atoms with van der Waals surface area (Å²) in [4.78, 5) is 31.2. The molecule has 0 atom stereocenters. The molecule has 0 aliphatic rings. The van der Waals surface area contributed by atoms with Crippen molar-refractivity contribution >= 4 is 39.5 Å². The third kappa shape index (κ3) is 28.5. The van der Waals surface area contributed by atoms with Gasteiger partial charge in [0.1, 0.15) is 0 Å². The maximum Gasteiger partial charge on any atom is 3.00 e. The van der Waals surface area contributed by atoms with Crippen molar-refractivity contribution in [3.05, 3.63) is 36.4 Å². The first-order chi connectivity index (χ1) is 12.4. The van der Waals surface area contributed by atoms with Crippen LogP contribution in [0, 0.1) is 0 Å². The maximum absolute atomic E-state index is 10.4. The van der Waals surface area contributed by atoms with Gasteiger partial charge in [-0.3, -0.25) is 0 Å². The van der Waals surface area contributed by atoms with Crippen LogP contribution in [0.15, 0.2) is 36.4 Å². The molecule has 1 rings (SSSR count). The standard InChI is InChI=1S/C6H6.3C4H11O2P.Al/c1-2-4-6-5-3-1;3*1-3-7(5,6)4-2;/h1-6H;3*3-4H2,1-2H3,(H,5,6);/q;;;;+3/p-3. The van der Waals surface area contributed by atoms with Crippen LogP contribution in [0.5, 0.6) is 0 Å². The van der Waals surface area contributed by atoms with Gasteiger partial charge in [-0.25, -0.2) is 0 Å². The molecule has 0 aliphatic heterocycles. The SMILES string of the molecule is CCP(=O)([O-])CC.CCP(=O)([O-])CC.CCP(=O)([O-])CC.[Al+3].c1ccccc1. The van der Waals surface area contributed by atoms with Crippen molar-refractivity contribution < 1.29 is 28.4 Å². The molecule has 10 heteroatoms. The minimum Gasteiger partial charge on any atom is -0.799 e. The Morgan fingerprint density at radius 2 is 0.571 bits per heavy atom. The van der Waals surface area contributed by atoms with Gasteiger partial charge in [0, 0.05) is 22.1 Å². The van der Waals surface area contributed by atoms with Gasteiger partial charge in [-0.05, 0) is 37.0 Å². The Labute approximate surface area is 182 Å². The van der Waals surface area contributed by atoms with Gasteiger partial charge in [0.15, 0.2) is 0 Å². The van der Waals surface area contributed by atoms with Crippen LogP contribution in [0.4, 0.5) is 0 Å². The molecule has 0 aromatic heterocycles. The molecule has 0 saturated heterocycles. The topological polar surface area (TPSA) is 120 Å². The van der Waals surface area contributed by atoms with E-state index < -0.39 is 22.1 Å². The van der Waals surface area contributed by atoms with Gasteiger partial charge >= 0.3 is 17.4 Å². The molecule has 0 spiro atoms. The second kappa shape index (κ2) is 20.6. The van der Waals surface area contributed by atoms with E-state index in [1.807, 2.05) is 36.4 Å². The molecule has 0 amide bonds. The normalized spacial score (nSPS) is 10.6. The monoisotopic (exact) mass is 468 g/mol. The third-order valence-electron chi connectivity index (χ3n) is 3.56. The van der Waals surface area contributed by atoms with Crippen molar-refractivity contribution in [2.24, 2.45) is 0 Å². The van der Waals surface area contributed by atoms with E-state index in [2.05, 4.69) is 0 Å². The van der Waals surface area contributed by atoms with E-state index in [1.54, 1.807) is 41.5 Å². The molecule has 0 unspecified atom stereocenters. The fourth-order valence-corrected chi connectivity index (χ4v) is 2.40. The molecule has 0 aliphatic carbocycles. The number of hydrogen-bond donors (Lipinski definition) is 0. The first-order valence-corrected chi connectivity index (χ1v) is 15.2.